The third kappa shape index (κ3) is 8.19. The molecule has 122 valence electrons. The van der Waals surface area contributed by atoms with Crippen LogP contribution in [0.2, 0.25) is 0 Å². The van der Waals surface area contributed by atoms with Gasteiger partial charge < -0.3 is 15.2 Å². The Morgan fingerprint density at radius 3 is 2.76 bits per heavy atom. The van der Waals surface area contributed by atoms with E-state index in [1.54, 1.807) is 0 Å². The smallest absolute Gasteiger partial charge is 0.187 e. The predicted octanol–water partition coefficient (Wildman–Crippen LogP) is 2.17. The Kier molecular flexibility index (Phi) is 9.30. The Hall–Kier alpha value is -0.910. The summed E-state index contributed by atoms with van der Waals surface area (Å²) in [5, 5.41) is 0. The molecule has 2 N–H and O–H groups in total. The number of nitrogens with zero attached hydrogens (tertiary/aromatic N) is 2. The summed E-state index contributed by atoms with van der Waals surface area (Å²) in [5.41, 5.74) is 6.88. The molecule has 0 spiro atoms. The van der Waals surface area contributed by atoms with Gasteiger partial charge >= 0.3 is 0 Å². The highest BCUT2D eigenvalue weighted by molar-refractivity contribution is 5.76. The maximum Gasteiger partial charge on any atom is 0.187 e. The summed E-state index contributed by atoms with van der Waals surface area (Å²) in [6.07, 6.45) is 4.77. The van der Waals surface area contributed by atoms with Crippen LogP contribution in [0.15, 0.2) is 16.8 Å². The molecule has 1 saturated heterocycles. The van der Waals surface area contributed by atoms with Crippen LogP contribution in [0.5, 0.6) is 0 Å². The molecule has 1 heterocycles. The van der Waals surface area contributed by atoms with Crippen molar-refractivity contribution in [2.24, 2.45) is 10.7 Å². The summed E-state index contributed by atoms with van der Waals surface area (Å²) in [6, 6.07) is 0.0398. The van der Waals surface area contributed by atoms with E-state index in [4.69, 9.17) is 15.2 Å². The standard InChI is InChI=1S/C16H31N3O2/c1-4-6-16(18-13-14(2)15(3)17)21-10-5-7-19-8-11-20-12-9-19/h13,15H,4-12,17H2,1-3H3/b14-13+,18-16?. The van der Waals surface area contributed by atoms with Crippen molar-refractivity contribution in [3.63, 3.8) is 0 Å². The summed E-state index contributed by atoms with van der Waals surface area (Å²) in [6.45, 7) is 11.7. The molecule has 0 saturated carbocycles. The van der Waals surface area contributed by atoms with Gasteiger partial charge in [0.05, 0.1) is 19.8 Å². The SMILES string of the molecule is CCCC(=N/C=C(\C)C(C)N)OCCCN1CCOCC1. The minimum absolute atomic E-state index is 0.0398. The molecule has 5 nitrogen and oxygen atoms in total. The lowest BCUT2D eigenvalue weighted by Crippen LogP contribution is -2.37. The maximum atomic E-state index is 5.81. The van der Waals surface area contributed by atoms with Crippen LogP contribution in [0, 0.1) is 0 Å². The first-order chi connectivity index (χ1) is 10.1. The minimum atomic E-state index is 0.0398. The van der Waals surface area contributed by atoms with Crippen LogP contribution in [-0.2, 0) is 9.47 Å². The highest BCUT2D eigenvalue weighted by Crippen LogP contribution is 2.03. The van der Waals surface area contributed by atoms with Crippen LogP contribution in [-0.4, -0.2) is 56.3 Å². The van der Waals surface area contributed by atoms with Crippen LogP contribution in [0.3, 0.4) is 0 Å². The highest BCUT2D eigenvalue weighted by Gasteiger charge is 2.09. The monoisotopic (exact) mass is 297 g/mol. The molecule has 0 aromatic carbocycles. The molecule has 0 aromatic rings. The Morgan fingerprint density at radius 1 is 1.43 bits per heavy atom. The second-order valence-electron chi connectivity index (χ2n) is 5.59. The Bertz CT molecular complexity index is 334. The molecule has 0 bridgehead atoms. The van der Waals surface area contributed by atoms with Crippen LogP contribution in [0.4, 0.5) is 0 Å². The number of hydrogen-bond acceptors (Lipinski definition) is 5. The quantitative estimate of drug-likeness (QED) is 0.424. The van der Waals surface area contributed by atoms with Crippen molar-refractivity contribution in [2.75, 3.05) is 39.5 Å². The molecule has 1 atom stereocenters. The van der Waals surface area contributed by atoms with Crippen molar-refractivity contribution in [2.45, 2.75) is 46.1 Å². The second kappa shape index (κ2) is 10.8. The van der Waals surface area contributed by atoms with E-state index in [2.05, 4.69) is 16.8 Å². The van der Waals surface area contributed by atoms with Gasteiger partial charge in [-0.15, -0.1) is 0 Å². The van der Waals surface area contributed by atoms with Crippen molar-refractivity contribution < 1.29 is 9.47 Å². The van der Waals surface area contributed by atoms with E-state index >= 15 is 0 Å². The fraction of sp³-hybridized carbons (Fsp3) is 0.812. The van der Waals surface area contributed by atoms with Gasteiger partial charge in [-0.25, -0.2) is 4.99 Å². The molecule has 1 rings (SSSR count). The molecule has 1 fully saturated rings. The summed E-state index contributed by atoms with van der Waals surface area (Å²) in [4.78, 5) is 6.86. The van der Waals surface area contributed by atoms with Gasteiger partial charge in [0.15, 0.2) is 5.90 Å². The Balaban J connectivity index is 2.29. The van der Waals surface area contributed by atoms with Gasteiger partial charge in [-0.2, -0.15) is 0 Å². The lowest BCUT2D eigenvalue weighted by molar-refractivity contribution is 0.0355. The van der Waals surface area contributed by atoms with Crippen molar-refractivity contribution >= 4 is 5.90 Å². The van der Waals surface area contributed by atoms with Gasteiger partial charge in [0.1, 0.15) is 0 Å². The molecular formula is C16H31N3O2. The molecule has 1 unspecified atom stereocenters. The van der Waals surface area contributed by atoms with Crippen LogP contribution >= 0.6 is 0 Å². The van der Waals surface area contributed by atoms with Crippen molar-refractivity contribution in [3.8, 4) is 0 Å². The summed E-state index contributed by atoms with van der Waals surface area (Å²) in [5.74, 6) is 0.819. The minimum Gasteiger partial charge on any atom is -0.481 e. The van der Waals surface area contributed by atoms with Gasteiger partial charge in [0.25, 0.3) is 0 Å². The first-order valence-electron chi connectivity index (χ1n) is 8.05. The molecule has 1 aliphatic heterocycles. The fourth-order valence-electron chi connectivity index (χ4n) is 1.98. The predicted molar refractivity (Wildman–Crippen MR) is 87.6 cm³/mol. The van der Waals surface area contributed by atoms with E-state index in [0.717, 1.165) is 70.2 Å². The zero-order valence-corrected chi connectivity index (χ0v) is 13.8. The summed E-state index contributed by atoms with van der Waals surface area (Å²) < 4.78 is 11.2. The van der Waals surface area contributed by atoms with Crippen molar-refractivity contribution in [1.29, 1.82) is 0 Å². The Morgan fingerprint density at radius 2 is 2.14 bits per heavy atom. The Labute approximate surface area is 129 Å². The first kappa shape index (κ1) is 18.1. The number of hydrogen-bond donors (Lipinski definition) is 1. The fourth-order valence-corrected chi connectivity index (χ4v) is 1.98. The van der Waals surface area contributed by atoms with E-state index in [9.17, 15) is 0 Å². The average molecular weight is 297 g/mol. The molecule has 21 heavy (non-hydrogen) atoms. The summed E-state index contributed by atoms with van der Waals surface area (Å²) >= 11 is 0. The molecule has 0 aliphatic carbocycles. The number of morpholine rings is 1. The third-order valence-corrected chi connectivity index (χ3v) is 3.59. The lowest BCUT2D eigenvalue weighted by atomic mass is 10.2. The van der Waals surface area contributed by atoms with Gasteiger partial charge in [-0.3, -0.25) is 4.90 Å². The summed E-state index contributed by atoms with van der Waals surface area (Å²) in [7, 11) is 0. The molecule has 0 radical (unpaired) electrons. The molecule has 0 aromatic heterocycles. The van der Waals surface area contributed by atoms with E-state index in [0.29, 0.717) is 0 Å². The van der Waals surface area contributed by atoms with E-state index in [1.165, 1.54) is 0 Å². The number of rotatable bonds is 8. The van der Waals surface area contributed by atoms with Crippen LogP contribution in [0.25, 0.3) is 0 Å². The molecule has 5 heteroatoms. The number of aliphatic imine (C=N–C) groups is 1. The first-order valence-corrected chi connectivity index (χ1v) is 8.05. The second-order valence-corrected chi connectivity index (χ2v) is 5.59. The molecule has 1 aliphatic rings. The zero-order valence-electron chi connectivity index (χ0n) is 13.8. The van der Waals surface area contributed by atoms with E-state index < -0.39 is 0 Å². The van der Waals surface area contributed by atoms with Crippen molar-refractivity contribution in [3.05, 3.63) is 11.8 Å². The highest BCUT2D eigenvalue weighted by atomic mass is 16.5. The lowest BCUT2D eigenvalue weighted by Gasteiger charge is -2.26. The van der Waals surface area contributed by atoms with E-state index in [1.807, 2.05) is 20.0 Å². The van der Waals surface area contributed by atoms with Gasteiger partial charge in [0, 0.05) is 38.3 Å². The number of nitrogens with two attached hydrogens (primary N) is 1. The normalized spacial score (nSPS) is 19.6. The van der Waals surface area contributed by atoms with Gasteiger partial charge in [-0.05, 0) is 32.3 Å². The molecular weight excluding hydrogens is 266 g/mol. The largest absolute Gasteiger partial charge is 0.481 e. The molecule has 0 amide bonds. The maximum absolute atomic E-state index is 5.81. The van der Waals surface area contributed by atoms with Crippen LogP contribution in [0.1, 0.15) is 40.0 Å². The van der Waals surface area contributed by atoms with E-state index in [-0.39, 0.29) is 6.04 Å². The zero-order chi connectivity index (χ0) is 15.5. The van der Waals surface area contributed by atoms with Crippen LogP contribution < -0.4 is 5.73 Å². The topological polar surface area (TPSA) is 60.1 Å². The third-order valence-electron chi connectivity index (χ3n) is 3.59. The average Bonchev–Trinajstić information content (AvgIpc) is 2.49. The van der Waals surface area contributed by atoms with Crippen molar-refractivity contribution in [1.82, 2.24) is 4.90 Å². The van der Waals surface area contributed by atoms with Gasteiger partial charge in [-0.1, -0.05) is 6.92 Å². The van der Waals surface area contributed by atoms with Gasteiger partial charge in [0.2, 0.25) is 0 Å². The number of ether oxygens (including phenoxy) is 2.